The Kier molecular flexibility index (Phi) is 6.29. The molecule has 0 radical (unpaired) electrons. The van der Waals surface area contributed by atoms with E-state index < -0.39 is 18.8 Å². The molecule has 0 aliphatic heterocycles. The molecule has 0 saturated heterocycles. The molecule has 1 aromatic carbocycles. The minimum absolute atomic E-state index is 0.207. The summed E-state index contributed by atoms with van der Waals surface area (Å²) in [5.41, 5.74) is 1.06. The van der Waals surface area contributed by atoms with E-state index >= 15 is 0 Å². The van der Waals surface area contributed by atoms with E-state index in [1.165, 1.54) is 0 Å². The fraction of sp³-hybridized carbons (Fsp3) is 0.571. The maximum atomic E-state index is 9.76. The van der Waals surface area contributed by atoms with Crippen LogP contribution in [0.25, 0.3) is 0 Å². The summed E-state index contributed by atoms with van der Waals surface area (Å²) in [6.45, 7) is 3.66. The molecule has 1 rings (SSSR count). The van der Waals surface area contributed by atoms with E-state index in [-0.39, 0.29) is 12.0 Å². The van der Waals surface area contributed by atoms with Crippen molar-refractivity contribution in [2.75, 3.05) is 6.61 Å². The van der Waals surface area contributed by atoms with E-state index in [4.69, 9.17) is 9.84 Å². The third-order valence-corrected chi connectivity index (χ3v) is 3.22. The molecule has 4 atom stereocenters. The van der Waals surface area contributed by atoms with Crippen molar-refractivity contribution in [3.05, 3.63) is 35.9 Å². The van der Waals surface area contributed by atoms with E-state index in [2.05, 4.69) is 0 Å². The maximum absolute atomic E-state index is 9.76. The zero-order valence-corrected chi connectivity index (χ0v) is 10.9. The van der Waals surface area contributed by atoms with Gasteiger partial charge < -0.3 is 20.1 Å². The molecule has 4 heteroatoms. The Labute approximate surface area is 108 Å². The van der Waals surface area contributed by atoms with Gasteiger partial charge in [-0.15, -0.1) is 0 Å². The molecular weight excluding hydrogens is 232 g/mol. The van der Waals surface area contributed by atoms with Crippen LogP contribution in [0.3, 0.4) is 0 Å². The number of benzene rings is 1. The summed E-state index contributed by atoms with van der Waals surface area (Å²) in [6, 6.07) is 9.76. The normalized spacial score (nSPS) is 18.1. The molecule has 0 heterocycles. The first-order valence-corrected chi connectivity index (χ1v) is 6.18. The predicted octanol–water partition coefficient (Wildman–Crippen LogP) is 0.942. The number of hydrogen-bond donors (Lipinski definition) is 3. The highest BCUT2D eigenvalue weighted by Gasteiger charge is 2.27. The zero-order valence-electron chi connectivity index (χ0n) is 10.9. The minimum atomic E-state index is -1.12. The van der Waals surface area contributed by atoms with Crippen molar-refractivity contribution >= 4 is 0 Å². The van der Waals surface area contributed by atoms with Crippen LogP contribution >= 0.6 is 0 Å². The SMILES string of the molecule is C[C@@H]([C@H](O)[C@H](O)CO)[C@H](C)OCc1ccccc1. The molecule has 102 valence electrons. The van der Waals surface area contributed by atoms with E-state index in [0.717, 1.165) is 5.56 Å². The molecule has 0 unspecified atom stereocenters. The summed E-state index contributed by atoms with van der Waals surface area (Å²) in [7, 11) is 0. The molecular formula is C14H22O4. The second-order valence-corrected chi connectivity index (χ2v) is 4.60. The van der Waals surface area contributed by atoms with Gasteiger partial charge in [-0.25, -0.2) is 0 Å². The monoisotopic (exact) mass is 254 g/mol. The van der Waals surface area contributed by atoms with Gasteiger partial charge in [0.15, 0.2) is 0 Å². The van der Waals surface area contributed by atoms with E-state index in [1.807, 2.05) is 37.3 Å². The summed E-state index contributed by atoms with van der Waals surface area (Å²) < 4.78 is 5.65. The van der Waals surface area contributed by atoms with Crippen LogP contribution in [-0.2, 0) is 11.3 Å². The molecule has 0 fully saturated rings. The Balaban J connectivity index is 2.42. The van der Waals surface area contributed by atoms with Crippen LogP contribution in [0, 0.1) is 5.92 Å². The van der Waals surface area contributed by atoms with Crippen LogP contribution in [0.15, 0.2) is 30.3 Å². The largest absolute Gasteiger partial charge is 0.394 e. The Morgan fingerprint density at radius 2 is 1.72 bits per heavy atom. The number of hydrogen-bond acceptors (Lipinski definition) is 4. The molecule has 0 bridgehead atoms. The van der Waals surface area contributed by atoms with Crippen LogP contribution in [0.2, 0.25) is 0 Å². The van der Waals surface area contributed by atoms with Crippen LogP contribution in [0.4, 0.5) is 0 Å². The van der Waals surface area contributed by atoms with E-state index in [9.17, 15) is 10.2 Å². The van der Waals surface area contributed by atoms with Gasteiger partial charge in [0.05, 0.1) is 25.4 Å². The van der Waals surface area contributed by atoms with Crippen molar-refractivity contribution in [2.24, 2.45) is 5.92 Å². The Morgan fingerprint density at radius 3 is 2.28 bits per heavy atom. The lowest BCUT2D eigenvalue weighted by molar-refractivity contribution is -0.0849. The summed E-state index contributed by atoms with van der Waals surface area (Å²) in [6.07, 6.45) is -2.31. The highest BCUT2D eigenvalue weighted by molar-refractivity contribution is 5.13. The first-order valence-electron chi connectivity index (χ1n) is 6.18. The zero-order chi connectivity index (χ0) is 13.5. The first-order chi connectivity index (χ1) is 8.56. The van der Waals surface area contributed by atoms with Crippen LogP contribution < -0.4 is 0 Å². The van der Waals surface area contributed by atoms with Crippen molar-refractivity contribution in [1.29, 1.82) is 0 Å². The fourth-order valence-corrected chi connectivity index (χ4v) is 1.69. The van der Waals surface area contributed by atoms with Crippen molar-refractivity contribution < 1.29 is 20.1 Å². The van der Waals surface area contributed by atoms with Crippen molar-refractivity contribution in [2.45, 2.75) is 38.8 Å². The second-order valence-electron chi connectivity index (χ2n) is 4.60. The standard InChI is InChI=1S/C14H22O4/c1-10(14(17)13(16)8-15)11(2)18-9-12-6-4-3-5-7-12/h3-7,10-11,13-17H,8-9H2,1-2H3/t10-,11+,13-,14+/m1/s1. The van der Waals surface area contributed by atoms with Crippen molar-refractivity contribution in [1.82, 2.24) is 0 Å². The Hall–Kier alpha value is -0.940. The smallest absolute Gasteiger partial charge is 0.103 e. The van der Waals surface area contributed by atoms with Crippen molar-refractivity contribution in [3.63, 3.8) is 0 Å². The number of aliphatic hydroxyl groups excluding tert-OH is 3. The molecule has 0 amide bonds. The third kappa shape index (κ3) is 4.38. The predicted molar refractivity (Wildman–Crippen MR) is 69.0 cm³/mol. The highest BCUT2D eigenvalue weighted by atomic mass is 16.5. The topological polar surface area (TPSA) is 69.9 Å². The minimum Gasteiger partial charge on any atom is -0.394 e. The molecule has 4 nitrogen and oxygen atoms in total. The van der Waals surface area contributed by atoms with Gasteiger partial charge in [-0.2, -0.15) is 0 Å². The fourth-order valence-electron chi connectivity index (χ4n) is 1.69. The van der Waals surface area contributed by atoms with Crippen molar-refractivity contribution in [3.8, 4) is 0 Å². The van der Waals surface area contributed by atoms with Gasteiger partial charge in [0.25, 0.3) is 0 Å². The van der Waals surface area contributed by atoms with Gasteiger partial charge >= 0.3 is 0 Å². The molecule has 0 aliphatic carbocycles. The molecule has 1 aromatic rings. The summed E-state index contributed by atoms with van der Waals surface area (Å²) in [4.78, 5) is 0. The van der Waals surface area contributed by atoms with E-state index in [0.29, 0.717) is 6.61 Å². The van der Waals surface area contributed by atoms with Crippen LogP contribution in [0.5, 0.6) is 0 Å². The molecule has 18 heavy (non-hydrogen) atoms. The number of ether oxygens (including phenoxy) is 1. The van der Waals surface area contributed by atoms with Crippen LogP contribution in [-0.4, -0.2) is 40.2 Å². The number of aliphatic hydroxyl groups is 3. The first kappa shape index (κ1) is 15.1. The lowest BCUT2D eigenvalue weighted by Crippen LogP contribution is -2.40. The average molecular weight is 254 g/mol. The molecule has 0 aromatic heterocycles. The Bertz CT molecular complexity index is 328. The van der Waals surface area contributed by atoms with Crippen LogP contribution in [0.1, 0.15) is 19.4 Å². The van der Waals surface area contributed by atoms with Gasteiger partial charge in [0.1, 0.15) is 6.10 Å². The van der Waals surface area contributed by atoms with Gasteiger partial charge in [0, 0.05) is 5.92 Å². The summed E-state index contributed by atoms with van der Waals surface area (Å²) in [5, 5.41) is 27.9. The molecule has 0 saturated carbocycles. The maximum Gasteiger partial charge on any atom is 0.103 e. The van der Waals surface area contributed by atoms with Gasteiger partial charge in [-0.3, -0.25) is 0 Å². The van der Waals surface area contributed by atoms with Gasteiger partial charge in [-0.05, 0) is 12.5 Å². The molecule has 3 N–H and O–H groups in total. The lowest BCUT2D eigenvalue weighted by Gasteiger charge is -2.27. The van der Waals surface area contributed by atoms with E-state index in [1.54, 1.807) is 6.92 Å². The summed E-state index contributed by atoms with van der Waals surface area (Å²) >= 11 is 0. The highest BCUT2D eigenvalue weighted by Crippen LogP contribution is 2.16. The quantitative estimate of drug-likeness (QED) is 0.677. The van der Waals surface area contributed by atoms with Gasteiger partial charge in [-0.1, -0.05) is 37.3 Å². The molecule has 0 aliphatic rings. The summed E-state index contributed by atoms with van der Waals surface area (Å²) in [5.74, 6) is -0.254. The Morgan fingerprint density at radius 1 is 1.11 bits per heavy atom. The molecule has 0 spiro atoms. The number of rotatable bonds is 7. The van der Waals surface area contributed by atoms with Gasteiger partial charge in [0.2, 0.25) is 0 Å². The second kappa shape index (κ2) is 7.48. The third-order valence-electron chi connectivity index (χ3n) is 3.22. The lowest BCUT2D eigenvalue weighted by atomic mass is 9.95. The average Bonchev–Trinajstić information content (AvgIpc) is 2.43.